The maximum Gasteiger partial charge on any atom is 0.0705 e. The molecule has 1 aromatic carbocycles. The van der Waals surface area contributed by atoms with Crippen molar-refractivity contribution in [3.05, 3.63) is 71.0 Å². The summed E-state index contributed by atoms with van der Waals surface area (Å²) in [6.07, 6.45) is 4.08. The number of benzene rings is 1. The molecule has 0 spiro atoms. The van der Waals surface area contributed by atoms with Gasteiger partial charge in [0.2, 0.25) is 0 Å². The Morgan fingerprint density at radius 3 is 2.38 bits per heavy atom. The zero-order valence-electron chi connectivity index (χ0n) is 12.6. The Balaban J connectivity index is 2.35. The average molecular weight is 301 g/mol. The normalized spacial score (nSPS) is 11.9. The second kappa shape index (κ2) is 7.96. The van der Waals surface area contributed by atoms with Crippen molar-refractivity contribution in [2.75, 3.05) is 19.6 Å². The molecule has 0 aliphatic rings. The first-order chi connectivity index (χ1) is 10.2. The van der Waals surface area contributed by atoms with E-state index in [-0.39, 0.29) is 0 Å². The number of pyridine rings is 1. The number of likely N-dealkylation sites (N-methyl/N-ethyl adjacent to an activating group) is 1. The maximum atomic E-state index is 5.99. The summed E-state index contributed by atoms with van der Waals surface area (Å²) >= 11 is 5.99. The Morgan fingerprint density at radius 1 is 1.10 bits per heavy atom. The van der Waals surface area contributed by atoms with Gasteiger partial charge in [0, 0.05) is 23.3 Å². The predicted octanol–water partition coefficient (Wildman–Crippen LogP) is 4.51. The SMILES string of the molecule is CCN(CC)C/C=C(\c1ccc(Cl)cc1)c1ccccn1. The summed E-state index contributed by atoms with van der Waals surface area (Å²) in [5.41, 5.74) is 3.29. The highest BCUT2D eigenvalue weighted by Gasteiger charge is 2.07. The first kappa shape index (κ1) is 15.7. The van der Waals surface area contributed by atoms with Gasteiger partial charge in [-0.05, 0) is 42.9 Å². The standard InChI is InChI=1S/C18H21ClN2/c1-3-21(4-2)14-12-17(18-7-5-6-13-20-18)15-8-10-16(19)11-9-15/h5-13H,3-4,14H2,1-2H3/b17-12+. The lowest BCUT2D eigenvalue weighted by atomic mass is 10.0. The first-order valence-electron chi connectivity index (χ1n) is 7.34. The monoisotopic (exact) mass is 300 g/mol. The predicted molar refractivity (Wildman–Crippen MR) is 90.6 cm³/mol. The molecule has 0 amide bonds. The molecule has 110 valence electrons. The Hall–Kier alpha value is -1.64. The number of rotatable bonds is 6. The molecular weight excluding hydrogens is 280 g/mol. The summed E-state index contributed by atoms with van der Waals surface area (Å²) in [7, 11) is 0. The van der Waals surface area contributed by atoms with Crippen LogP contribution in [0.5, 0.6) is 0 Å². The molecule has 1 aromatic heterocycles. The number of hydrogen-bond acceptors (Lipinski definition) is 2. The Morgan fingerprint density at radius 2 is 1.81 bits per heavy atom. The van der Waals surface area contributed by atoms with Crippen LogP contribution >= 0.6 is 11.6 Å². The van der Waals surface area contributed by atoms with Gasteiger partial charge in [-0.1, -0.05) is 49.7 Å². The molecule has 21 heavy (non-hydrogen) atoms. The molecule has 2 rings (SSSR count). The van der Waals surface area contributed by atoms with Gasteiger partial charge in [0.15, 0.2) is 0 Å². The lowest BCUT2D eigenvalue weighted by Crippen LogP contribution is -2.23. The number of aromatic nitrogens is 1. The molecule has 2 aromatic rings. The highest BCUT2D eigenvalue weighted by Crippen LogP contribution is 2.23. The van der Waals surface area contributed by atoms with E-state index in [2.05, 4.69) is 29.8 Å². The van der Waals surface area contributed by atoms with E-state index in [1.165, 1.54) is 0 Å². The smallest absolute Gasteiger partial charge is 0.0705 e. The fourth-order valence-electron chi connectivity index (χ4n) is 2.22. The zero-order valence-corrected chi connectivity index (χ0v) is 13.3. The molecular formula is C18H21ClN2. The average Bonchev–Trinajstić information content (AvgIpc) is 2.54. The van der Waals surface area contributed by atoms with Crippen molar-refractivity contribution in [2.45, 2.75) is 13.8 Å². The van der Waals surface area contributed by atoms with Crippen LogP contribution < -0.4 is 0 Å². The topological polar surface area (TPSA) is 16.1 Å². The van der Waals surface area contributed by atoms with Gasteiger partial charge in [0.1, 0.15) is 0 Å². The van der Waals surface area contributed by atoms with Crippen molar-refractivity contribution in [2.24, 2.45) is 0 Å². The van der Waals surface area contributed by atoms with E-state index >= 15 is 0 Å². The van der Waals surface area contributed by atoms with Gasteiger partial charge in [-0.25, -0.2) is 0 Å². The number of hydrogen-bond donors (Lipinski definition) is 0. The van der Waals surface area contributed by atoms with E-state index in [0.29, 0.717) is 0 Å². The van der Waals surface area contributed by atoms with E-state index in [4.69, 9.17) is 11.6 Å². The lowest BCUT2D eigenvalue weighted by Gasteiger charge is -2.17. The zero-order chi connectivity index (χ0) is 15.1. The molecule has 0 saturated heterocycles. The van der Waals surface area contributed by atoms with E-state index < -0.39 is 0 Å². The molecule has 0 bridgehead atoms. The summed E-state index contributed by atoms with van der Waals surface area (Å²) in [4.78, 5) is 6.86. The fraction of sp³-hybridized carbons (Fsp3) is 0.278. The summed E-state index contributed by atoms with van der Waals surface area (Å²) in [5, 5.41) is 0.753. The van der Waals surface area contributed by atoms with Gasteiger partial charge in [0.05, 0.1) is 5.69 Å². The van der Waals surface area contributed by atoms with Crippen molar-refractivity contribution in [3.63, 3.8) is 0 Å². The Bertz CT molecular complexity index is 572. The van der Waals surface area contributed by atoms with Gasteiger partial charge < -0.3 is 4.90 Å². The van der Waals surface area contributed by atoms with E-state index in [1.807, 2.05) is 48.7 Å². The van der Waals surface area contributed by atoms with Crippen LogP contribution in [0.4, 0.5) is 0 Å². The second-order valence-electron chi connectivity index (χ2n) is 4.83. The number of nitrogens with zero attached hydrogens (tertiary/aromatic N) is 2. The van der Waals surface area contributed by atoms with Crippen molar-refractivity contribution in [1.82, 2.24) is 9.88 Å². The van der Waals surface area contributed by atoms with Crippen LogP contribution in [0.25, 0.3) is 5.57 Å². The molecule has 0 radical (unpaired) electrons. The van der Waals surface area contributed by atoms with Gasteiger partial charge in [-0.2, -0.15) is 0 Å². The van der Waals surface area contributed by atoms with Crippen LogP contribution in [0.1, 0.15) is 25.1 Å². The molecule has 0 saturated carbocycles. The van der Waals surface area contributed by atoms with E-state index in [0.717, 1.165) is 41.5 Å². The van der Waals surface area contributed by atoms with E-state index in [9.17, 15) is 0 Å². The third kappa shape index (κ3) is 4.42. The summed E-state index contributed by atoms with van der Waals surface area (Å²) in [6, 6.07) is 13.9. The number of halogens is 1. The Labute approximate surface area is 132 Å². The molecule has 0 N–H and O–H groups in total. The summed E-state index contributed by atoms with van der Waals surface area (Å²) < 4.78 is 0. The van der Waals surface area contributed by atoms with Gasteiger partial charge in [-0.15, -0.1) is 0 Å². The molecule has 0 fully saturated rings. The quantitative estimate of drug-likeness (QED) is 0.780. The van der Waals surface area contributed by atoms with Gasteiger partial charge in [0.25, 0.3) is 0 Å². The maximum absolute atomic E-state index is 5.99. The van der Waals surface area contributed by atoms with Crippen molar-refractivity contribution >= 4 is 17.2 Å². The largest absolute Gasteiger partial charge is 0.300 e. The first-order valence-corrected chi connectivity index (χ1v) is 7.72. The minimum atomic E-state index is 0.753. The van der Waals surface area contributed by atoms with Gasteiger partial charge >= 0.3 is 0 Å². The molecule has 2 nitrogen and oxygen atoms in total. The molecule has 0 aliphatic heterocycles. The lowest BCUT2D eigenvalue weighted by molar-refractivity contribution is 0.337. The highest BCUT2D eigenvalue weighted by atomic mass is 35.5. The minimum Gasteiger partial charge on any atom is -0.300 e. The van der Waals surface area contributed by atoms with Crippen LogP contribution in [0, 0.1) is 0 Å². The van der Waals surface area contributed by atoms with Crippen LogP contribution in [0.2, 0.25) is 5.02 Å². The minimum absolute atomic E-state index is 0.753. The third-order valence-corrected chi connectivity index (χ3v) is 3.80. The molecule has 0 unspecified atom stereocenters. The molecule has 3 heteroatoms. The van der Waals surface area contributed by atoms with Crippen LogP contribution in [0.15, 0.2) is 54.7 Å². The van der Waals surface area contributed by atoms with Gasteiger partial charge in [-0.3, -0.25) is 4.98 Å². The highest BCUT2D eigenvalue weighted by molar-refractivity contribution is 6.30. The van der Waals surface area contributed by atoms with Crippen LogP contribution in [0.3, 0.4) is 0 Å². The Kier molecular flexibility index (Phi) is 5.97. The second-order valence-corrected chi connectivity index (χ2v) is 5.26. The van der Waals surface area contributed by atoms with E-state index in [1.54, 1.807) is 0 Å². The molecule has 0 aliphatic carbocycles. The third-order valence-electron chi connectivity index (χ3n) is 3.54. The molecule has 1 heterocycles. The summed E-state index contributed by atoms with van der Waals surface area (Å²) in [5.74, 6) is 0. The van der Waals surface area contributed by atoms with Crippen molar-refractivity contribution < 1.29 is 0 Å². The van der Waals surface area contributed by atoms with Crippen molar-refractivity contribution in [1.29, 1.82) is 0 Å². The van der Waals surface area contributed by atoms with Crippen molar-refractivity contribution in [3.8, 4) is 0 Å². The summed E-state index contributed by atoms with van der Waals surface area (Å²) in [6.45, 7) is 7.37. The fourth-order valence-corrected chi connectivity index (χ4v) is 2.35. The van der Waals surface area contributed by atoms with Crippen LogP contribution in [-0.4, -0.2) is 29.5 Å². The van der Waals surface area contributed by atoms with Crippen LogP contribution in [-0.2, 0) is 0 Å². The molecule has 0 atom stereocenters.